The highest BCUT2D eigenvalue weighted by molar-refractivity contribution is 6.35. The van der Waals surface area contributed by atoms with E-state index in [1.165, 1.54) is 0 Å². The number of carbonyl (C=O) groups is 1. The number of aliphatic hydroxyl groups is 1. The highest BCUT2D eigenvalue weighted by Gasteiger charge is 2.47. The summed E-state index contributed by atoms with van der Waals surface area (Å²) in [5.74, 6) is -0.271. The number of aliphatic hydroxyl groups excluding tert-OH is 1. The summed E-state index contributed by atoms with van der Waals surface area (Å²) in [4.78, 5) is 13.1. The summed E-state index contributed by atoms with van der Waals surface area (Å²) >= 11 is 12.5. The lowest BCUT2D eigenvalue weighted by Crippen LogP contribution is -2.49. The monoisotopic (exact) mass is 418 g/mol. The summed E-state index contributed by atoms with van der Waals surface area (Å²) in [5.41, 5.74) is 1.74. The van der Waals surface area contributed by atoms with Crippen LogP contribution in [0.15, 0.2) is 42.2 Å². The second-order valence-electron chi connectivity index (χ2n) is 8.03. The van der Waals surface area contributed by atoms with E-state index >= 15 is 0 Å². The van der Waals surface area contributed by atoms with Gasteiger partial charge >= 0.3 is 0 Å². The number of carbonyl (C=O) groups excluding carboxylic acids is 1. The molecule has 1 N–H and O–H groups in total. The molecule has 148 valence electrons. The predicted molar refractivity (Wildman–Crippen MR) is 115 cm³/mol. The topological polar surface area (TPSA) is 46.5 Å². The second kappa shape index (κ2) is 7.22. The molecule has 1 aliphatic rings. The SMILES string of the molecule is CCc1cc(-c2cc(Cl)ccc2Cl)ccc1C1=C(O)C(C)(C)OC(C)(C)C1=O. The number of ether oxygens (including phenoxy) is 1. The Labute approximate surface area is 175 Å². The second-order valence-corrected chi connectivity index (χ2v) is 8.87. The maximum atomic E-state index is 13.1. The fourth-order valence-corrected chi connectivity index (χ4v) is 4.11. The van der Waals surface area contributed by atoms with E-state index in [9.17, 15) is 9.90 Å². The number of Topliss-reactive ketones (excluding diaryl/α,β-unsaturated/α-hetero) is 1. The van der Waals surface area contributed by atoms with Gasteiger partial charge in [0.15, 0.2) is 5.78 Å². The first-order valence-electron chi connectivity index (χ1n) is 9.25. The number of ketones is 1. The van der Waals surface area contributed by atoms with Crippen molar-refractivity contribution in [3.05, 3.63) is 63.3 Å². The zero-order valence-electron chi connectivity index (χ0n) is 16.7. The van der Waals surface area contributed by atoms with E-state index in [0.29, 0.717) is 22.0 Å². The summed E-state index contributed by atoms with van der Waals surface area (Å²) in [6.07, 6.45) is 0.688. The van der Waals surface area contributed by atoms with Gasteiger partial charge in [-0.15, -0.1) is 0 Å². The molecule has 0 atom stereocenters. The third-order valence-electron chi connectivity index (χ3n) is 5.09. The summed E-state index contributed by atoms with van der Waals surface area (Å²) < 4.78 is 5.84. The van der Waals surface area contributed by atoms with Crippen LogP contribution in [-0.2, 0) is 16.0 Å². The van der Waals surface area contributed by atoms with Crippen molar-refractivity contribution in [1.82, 2.24) is 0 Å². The molecular formula is C23H24Cl2O3. The maximum Gasteiger partial charge on any atom is 0.198 e. The van der Waals surface area contributed by atoms with Crippen LogP contribution < -0.4 is 0 Å². The van der Waals surface area contributed by atoms with Crippen LogP contribution in [0.4, 0.5) is 0 Å². The van der Waals surface area contributed by atoms with Gasteiger partial charge in [-0.25, -0.2) is 0 Å². The van der Waals surface area contributed by atoms with Crippen LogP contribution in [0.2, 0.25) is 10.0 Å². The molecule has 1 aliphatic heterocycles. The van der Waals surface area contributed by atoms with Crippen LogP contribution in [0.3, 0.4) is 0 Å². The molecule has 0 unspecified atom stereocenters. The van der Waals surface area contributed by atoms with Gasteiger partial charge in [0.2, 0.25) is 0 Å². The Hall–Kier alpha value is -1.81. The molecule has 0 fully saturated rings. The molecule has 0 aromatic heterocycles. The maximum absolute atomic E-state index is 13.1. The minimum absolute atomic E-state index is 0.0416. The molecular weight excluding hydrogens is 395 g/mol. The van der Waals surface area contributed by atoms with Crippen molar-refractivity contribution in [2.75, 3.05) is 0 Å². The minimum Gasteiger partial charge on any atom is -0.508 e. The fraction of sp³-hybridized carbons (Fsp3) is 0.348. The van der Waals surface area contributed by atoms with Gasteiger partial charge in [-0.2, -0.15) is 0 Å². The lowest BCUT2D eigenvalue weighted by Gasteiger charge is -2.40. The number of aryl methyl sites for hydroxylation is 1. The molecule has 3 rings (SSSR count). The van der Waals surface area contributed by atoms with Crippen LogP contribution in [0.1, 0.15) is 45.7 Å². The fourth-order valence-electron chi connectivity index (χ4n) is 3.71. The first kappa shape index (κ1) is 20.9. The molecule has 3 nitrogen and oxygen atoms in total. The van der Waals surface area contributed by atoms with E-state index in [1.54, 1.807) is 39.8 Å². The van der Waals surface area contributed by atoms with Crippen LogP contribution in [0.25, 0.3) is 16.7 Å². The molecule has 2 aromatic carbocycles. The van der Waals surface area contributed by atoms with Crippen molar-refractivity contribution in [3.8, 4) is 11.1 Å². The molecule has 0 radical (unpaired) electrons. The lowest BCUT2D eigenvalue weighted by atomic mass is 9.81. The molecule has 0 saturated carbocycles. The van der Waals surface area contributed by atoms with Gasteiger partial charge in [-0.1, -0.05) is 48.3 Å². The third-order valence-corrected chi connectivity index (χ3v) is 5.65. The molecule has 0 spiro atoms. The number of rotatable bonds is 3. The highest BCUT2D eigenvalue weighted by atomic mass is 35.5. The van der Waals surface area contributed by atoms with Crippen molar-refractivity contribution >= 4 is 34.6 Å². The first-order chi connectivity index (χ1) is 13.0. The molecule has 5 heteroatoms. The minimum atomic E-state index is -1.02. The molecule has 0 amide bonds. The predicted octanol–water partition coefficient (Wildman–Crippen LogP) is 6.65. The van der Waals surface area contributed by atoms with Gasteiger partial charge in [0.1, 0.15) is 17.0 Å². The van der Waals surface area contributed by atoms with E-state index in [2.05, 4.69) is 0 Å². The number of hydrogen-bond acceptors (Lipinski definition) is 3. The van der Waals surface area contributed by atoms with E-state index in [-0.39, 0.29) is 11.5 Å². The van der Waals surface area contributed by atoms with E-state index < -0.39 is 11.2 Å². The molecule has 28 heavy (non-hydrogen) atoms. The standard InChI is InChI=1S/C23H24Cl2O3/c1-6-13-11-14(17-12-15(24)8-10-18(17)25)7-9-16(13)19-20(26)22(2,3)28-23(4,5)21(19)27/h7-12,26H,6H2,1-5H3. The molecule has 0 bridgehead atoms. The number of benzene rings is 2. The van der Waals surface area contributed by atoms with Crippen LogP contribution in [0.5, 0.6) is 0 Å². The van der Waals surface area contributed by atoms with Crippen molar-refractivity contribution in [1.29, 1.82) is 0 Å². The molecule has 0 aliphatic carbocycles. The van der Waals surface area contributed by atoms with Gasteiger partial charge in [0.25, 0.3) is 0 Å². The van der Waals surface area contributed by atoms with Gasteiger partial charge in [-0.3, -0.25) is 4.79 Å². The number of hydrogen-bond donors (Lipinski definition) is 1. The van der Waals surface area contributed by atoms with E-state index in [0.717, 1.165) is 22.3 Å². The quantitative estimate of drug-likeness (QED) is 0.606. The average Bonchev–Trinajstić information content (AvgIpc) is 2.62. The van der Waals surface area contributed by atoms with Crippen molar-refractivity contribution in [2.45, 2.75) is 52.2 Å². The first-order valence-corrected chi connectivity index (χ1v) is 10.0. The van der Waals surface area contributed by atoms with E-state index in [4.69, 9.17) is 27.9 Å². The normalized spacial score (nSPS) is 18.5. The Morgan fingerprint density at radius 1 is 0.964 bits per heavy atom. The summed E-state index contributed by atoms with van der Waals surface area (Å²) in [7, 11) is 0. The van der Waals surface area contributed by atoms with Gasteiger partial charge in [0.05, 0.1) is 5.57 Å². The Bertz CT molecular complexity index is 987. The highest BCUT2D eigenvalue weighted by Crippen LogP contribution is 2.42. The molecule has 0 saturated heterocycles. The molecule has 1 heterocycles. The summed E-state index contributed by atoms with van der Waals surface area (Å²) in [5, 5.41) is 12.0. The largest absolute Gasteiger partial charge is 0.508 e. The van der Waals surface area contributed by atoms with Gasteiger partial charge in [0, 0.05) is 15.6 Å². The Balaban J connectivity index is 2.20. The van der Waals surface area contributed by atoms with Crippen LogP contribution in [-0.4, -0.2) is 22.1 Å². The van der Waals surface area contributed by atoms with Crippen molar-refractivity contribution in [3.63, 3.8) is 0 Å². The smallest absolute Gasteiger partial charge is 0.198 e. The lowest BCUT2D eigenvalue weighted by molar-refractivity contribution is -0.158. The van der Waals surface area contributed by atoms with E-state index in [1.807, 2.05) is 31.2 Å². The Morgan fingerprint density at radius 3 is 2.29 bits per heavy atom. The van der Waals surface area contributed by atoms with Crippen LogP contribution in [0, 0.1) is 0 Å². The zero-order valence-corrected chi connectivity index (χ0v) is 18.2. The van der Waals surface area contributed by atoms with Gasteiger partial charge in [-0.05, 0) is 69.0 Å². The van der Waals surface area contributed by atoms with Crippen LogP contribution >= 0.6 is 23.2 Å². The third kappa shape index (κ3) is 3.59. The zero-order chi connectivity index (χ0) is 20.9. The number of halogens is 2. The van der Waals surface area contributed by atoms with Gasteiger partial charge < -0.3 is 9.84 Å². The Morgan fingerprint density at radius 2 is 1.64 bits per heavy atom. The Kier molecular flexibility index (Phi) is 5.39. The average molecular weight is 419 g/mol. The summed E-state index contributed by atoms with van der Waals surface area (Å²) in [6.45, 7) is 9.01. The summed E-state index contributed by atoms with van der Waals surface area (Å²) in [6, 6.07) is 11.1. The van der Waals surface area contributed by atoms with Crippen molar-refractivity contribution < 1.29 is 14.6 Å². The van der Waals surface area contributed by atoms with Crippen molar-refractivity contribution in [2.24, 2.45) is 0 Å². The molecule has 2 aromatic rings.